The summed E-state index contributed by atoms with van der Waals surface area (Å²) in [7, 11) is 0. The molecule has 0 aromatic carbocycles. The van der Waals surface area contributed by atoms with Gasteiger partial charge in [-0.1, -0.05) is 0 Å². The predicted octanol–water partition coefficient (Wildman–Crippen LogP) is -0.643. The Morgan fingerprint density at radius 2 is 2.00 bits per heavy atom. The van der Waals surface area contributed by atoms with E-state index in [1.54, 1.807) is 47.1 Å². The van der Waals surface area contributed by atoms with E-state index in [1.807, 2.05) is 0 Å². The predicted molar refractivity (Wildman–Crippen MR) is 75.9 cm³/mol. The van der Waals surface area contributed by atoms with Crippen LogP contribution in [-0.4, -0.2) is 33.3 Å². The van der Waals surface area contributed by atoms with Crippen molar-refractivity contribution in [1.82, 2.24) is 10.3 Å². The molecule has 0 aliphatic carbocycles. The van der Waals surface area contributed by atoms with Gasteiger partial charge in [0, 0.05) is 41.5 Å². The Hall–Kier alpha value is -1.06. The molecule has 2 atom stereocenters. The van der Waals surface area contributed by atoms with E-state index in [0.29, 0.717) is 6.42 Å². The van der Waals surface area contributed by atoms with Crippen LogP contribution >= 0.6 is 22.6 Å². The molecule has 1 aromatic rings. The van der Waals surface area contributed by atoms with Gasteiger partial charge in [-0.3, -0.25) is 14.6 Å². The SMILES string of the molecule is NC[C@H](NC(=O)[C@@H](N)Cc1ccncc1)C(=O)I. The normalized spacial score (nSPS) is 13.7. The van der Waals surface area contributed by atoms with Crippen LogP contribution in [0.5, 0.6) is 0 Å². The molecule has 18 heavy (non-hydrogen) atoms. The van der Waals surface area contributed by atoms with Crippen molar-refractivity contribution in [3.8, 4) is 0 Å². The van der Waals surface area contributed by atoms with Crippen LogP contribution in [0.25, 0.3) is 0 Å². The minimum Gasteiger partial charge on any atom is -0.343 e. The molecule has 7 heteroatoms. The molecule has 0 unspecified atom stereocenters. The molecule has 6 nitrogen and oxygen atoms in total. The lowest BCUT2D eigenvalue weighted by Crippen LogP contribution is -2.50. The van der Waals surface area contributed by atoms with E-state index in [9.17, 15) is 9.59 Å². The molecule has 0 saturated heterocycles. The maximum absolute atomic E-state index is 11.8. The van der Waals surface area contributed by atoms with Gasteiger partial charge in [0.15, 0.2) is 0 Å². The highest BCUT2D eigenvalue weighted by atomic mass is 127. The summed E-state index contributed by atoms with van der Waals surface area (Å²) in [6.45, 7) is 0.0650. The average Bonchev–Trinajstić information content (AvgIpc) is 2.36. The van der Waals surface area contributed by atoms with Crippen molar-refractivity contribution < 1.29 is 9.59 Å². The van der Waals surface area contributed by atoms with Gasteiger partial charge >= 0.3 is 0 Å². The first-order valence-corrected chi connectivity index (χ1v) is 6.46. The standard InChI is InChI=1S/C11H15IN4O2/c12-10(17)9(6-13)16-11(18)8(14)5-7-1-3-15-4-2-7/h1-4,8-9H,5-6,13-14H2,(H,16,18)/t8-,9-/m0/s1. The Morgan fingerprint density at radius 1 is 1.39 bits per heavy atom. The number of hydrogen-bond donors (Lipinski definition) is 3. The monoisotopic (exact) mass is 362 g/mol. The number of nitrogens with two attached hydrogens (primary N) is 2. The lowest BCUT2D eigenvalue weighted by Gasteiger charge is -2.16. The van der Waals surface area contributed by atoms with Crippen LogP contribution in [0.15, 0.2) is 24.5 Å². The van der Waals surface area contributed by atoms with E-state index in [0.717, 1.165) is 5.56 Å². The number of carbonyl (C=O) groups is 2. The first kappa shape index (κ1) is 15.0. The molecule has 0 spiro atoms. The lowest BCUT2D eigenvalue weighted by molar-refractivity contribution is -0.125. The van der Waals surface area contributed by atoms with Crippen LogP contribution in [-0.2, 0) is 16.0 Å². The number of nitrogens with zero attached hydrogens (tertiary/aromatic N) is 1. The second-order valence-electron chi connectivity index (χ2n) is 3.77. The number of nitrogens with one attached hydrogen (secondary N) is 1. The maximum Gasteiger partial charge on any atom is 0.237 e. The highest BCUT2D eigenvalue weighted by Gasteiger charge is 2.20. The molecular formula is C11H15IN4O2. The zero-order valence-corrected chi connectivity index (χ0v) is 11.8. The Bertz CT molecular complexity index is 413. The van der Waals surface area contributed by atoms with Crippen LogP contribution in [0.4, 0.5) is 0 Å². The topological polar surface area (TPSA) is 111 Å². The quantitative estimate of drug-likeness (QED) is 0.460. The molecule has 0 saturated carbocycles. The van der Waals surface area contributed by atoms with Gasteiger partial charge in [0.05, 0.1) is 6.04 Å². The minimum atomic E-state index is -0.711. The van der Waals surface area contributed by atoms with Crippen molar-refractivity contribution in [3.05, 3.63) is 30.1 Å². The van der Waals surface area contributed by atoms with Gasteiger partial charge in [-0.2, -0.15) is 0 Å². The van der Waals surface area contributed by atoms with E-state index in [4.69, 9.17) is 11.5 Å². The van der Waals surface area contributed by atoms with Gasteiger partial charge in [-0.05, 0) is 24.1 Å². The van der Waals surface area contributed by atoms with Crippen molar-refractivity contribution in [3.63, 3.8) is 0 Å². The second-order valence-corrected chi connectivity index (χ2v) is 4.83. The summed E-state index contributed by atoms with van der Waals surface area (Å²) in [6, 6.07) is 2.19. The number of hydrogen-bond acceptors (Lipinski definition) is 5. The molecular weight excluding hydrogens is 347 g/mol. The van der Waals surface area contributed by atoms with E-state index in [1.165, 1.54) is 0 Å². The molecule has 1 amide bonds. The molecule has 0 fully saturated rings. The van der Waals surface area contributed by atoms with Crippen LogP contribution < -0.4 is 16.8 Å². The molecule has 0 aliphatic rings. The second kappa shape index (κ2) is 7.39. The summed E-state index contributed by atoms with van der Waals surface area (Å²) in [5.41, 5.74) is 12.1. The Labute approximate surface area is 119 Å². The van der Waals surface area contributed by atoms with Gasteiger partial charge in [0.2, 0.25) is 9.70 Å². The molecule has 1 heterocycles. The zero-order valence-electron chi connectivity index (χ0n) is 9.67. The number of aromatic nitrogens is 1. The fourth-order valence-corrected chi connectivity index (χ4v) is 1.76. The van der Waals surface area contributed by atoms with Crippen molar-refractivity contribution in [2.75, 3.05) is 6.54 Å². The largest absolute Gasteiger partial charge is 0.343 e. The van der Waals surface area contributed by atoms with E-state index in [-0.39, 0.29) is 16.2 Å². The summed E-state index contributed by atoms with van der Waals surface area (Å²) in [4.78, 5) is 26.8. The third-order valence-electron chi connectivity index (χ3n) is 2.37. The number of carbonyl (C=O) groups excluding carboxylic acids is 2. The van der Waals surface area contributed by atoms with Crippen molar-refractivity contribution in [2.45, 2.75) is 18.5 Å². The zero-order chi connectivity index (χ0) is 13.5. The fraction of sp³-hybridized carbons (Fsp3) is 0.364. The highest BCUT2D eigenvalue weighted by molar-refractivity contribution is 14.1. The third kappa shape index (κ3) is 4.67. The van der Waals surface area contributed by atoms with Crippen LogP contribution in [0, 0.1) is 0 Å². The summed E-state index contributed by atoms with van der Waals surface area (Å²) in [6.07, 6.45) is 3.66. The average molecular weight is 362 g/mol. The summed E-state index contributed by atoms with van der Waals surface area (Å²) in [5.74, 6) is -0.382. The van der Waals surface area contributed by atoms with Crippen molar-refractivity contribution in [1.29, 1.82) is 0 Å². The van der Waals surface area contributed by atoms with Gasteiger partial charge in [0.1, 0.15) is 6.04 Å². The third-order valence-corrected chi connectivity index (χ3v) is 3.12. The summed E-state index contributed by atoms with van der Waals surface area (Å²) < 4.78 is -0.209. The van der Waals surface area contributed by atoms with Crippen molar-refractivity contribution in [2.24, 2.45) is 11.5 Å². The summed E-state index contributed by atoms with van der Waals surface area (Å²) in [5, 5.41) is 2.52. The van der Waals surface area contributed by atoms with Gasteiger partial charge in [0.25, 0.3) is 0 Å². The van der Waals surface area contributed by atoms with Gasteiger partial charge in [-0.25, -0.2) is 0 Å². The molecule has 0 radical (unpaired) electrons. The van der Waals surface area contributed by atoms with Gasteiger partial charge in [-0.15, -0.1) is 0 Å². The first-order valence-electron chi connectivity index (χ1n) is 5.39. The number of amides is 1. The Kier molecular flexibility index (Phi) is 6.16. The lowest BCUT2D eigenvalue weighted by atomic mass is 10.1. The molecule has 98 valence electrons. The Balaban J connectivity index is 2.54. The number of rotatable bonds is 6. The summed E-state index contributed by atoms with van der Waals surface area (Å²) >= 11 is 1.60. The Morgan fingerprint density at radius 3 is 2.50 bits per heavy atom. The van der Waals surface area contributed by atoms with E-state index in [2.05, 4.69) is 10.3 Å². The van der Waals surface area contributed by atoms with Crippen LogP contribution in [0.3, 0.4) is 0 Å². The smallest absolute Gasteiger partial charge is 0.237 e. The fourth-order valence-electron chi connectivity index (χ4n) is 1.35. The highest BCUT2D eigenvalue weighted by Crippen LogP contribution is 2.01. The van der Waals surface area contributed by atoms with Crippen LogP contribution in [0.1, 0.15) is 5.56 Å². The van der Waals surface area contributed by atoms with Crippen molar-refractivity contribution >= 4 is 32.3 Å². The van der Waals surface area contributed by atoms with Crippen LogP contribution in [0.2, 0.25) is 0 Å². The number of halogens is 1. The maximum atomic E-state index is 11.8. The van der Waals surface area contributed by atoms with E-state index >= 15 is 0 Å². The van der Waals surface area contributed by atoms with Gasteiger partial charge < -0.3 is 16.8 Å². The number of pyridine rings is 1. The van der Waals surface area contributed by atoms with E-state index < -0.39 is 12.1 Å². The molecule has 5 N–H and O–H groups in total. The molecule has 1 rings (SSSR count). The first-order chi connectivity index (χ1) is 8.54. The molecule has 0 bridgehead atoms. The molecule has 1 aromatic heterocycles. The minimum absolute atomic E-state index is 0.0650. The molecule has 0 aliphatic heterocycles.